The second-order valence-corrected chi connectivity index (χ2v) is 7.62. The van der Waals surface area contributed by atoms with Gasteiger partial charge < -0.3 is 16.4 Å². The molecule has 1 fully saturated rings. The van der Waals surface area contributed by atoms with E-state index in [1.165, 1.54) is 11.8 Å². The van der Waals surface area contributed by atoms with Crippen LogP contribution in [0.1, 0.15) is 18.4 Å². The van der Waals surface area contributed by atoms with E-state index in [2.05, 4.69) is 10.6 Å². The first-order chi connectivity index (χ1) is 12.3. The molecule has 1 amide bonds. The summed E-state index contributed by atoms with van der Waals surface area (Å²) in [5.74, 6) is -0.544. The lowest BCUT2D eigenvalue weighted by Crippen LogP contribution is -2.42. The van der Waals surface area contributed by atoms with Crippen LogP contribution in [-0.4, -0.2) is 11.9 Å². The summed E-state index contributed by atoms with van der Waals surface area (Å²) in [6, 6.07) is 9.43. The van der Waals surface area contributed by atoms with Gasteiger partial charge in [0, 0.05) is 21.8 Å². The summed E-state index contributed by atoms with van der Waals surface area (Å²) in [7, 11) is 0. The summed E-state index contributed by atoms with van der Waals surface area (Å²) in [5, 5.41) is 5.81. The van der Waals surface area contributed by atoms with Crippen molar-refractivity contribution in [2.24, 2.45) is 11.7 Å². The number of nitrogens with one attached hydrogen (secondary N) is 2. The molecular formula is C18H16F3N3OS. The van der Waals surface area contributed by atoms with E-state index in [1.807, 2.05) is 24.3 Å². The summed E-state index contributed by atoms with van der Waals surface area (Å²) >= 11 is 1.25. The normalized spacial score (nSPS) is 21.1. The number of fused-ring (bicyclic) bond motifs is 2. The van der Waals surface area contributed by atoms with Crippen molar-refractivity contribution < 1.29 is 18.0 Å². The predicted octanol–water partition coefficient (Wildman–Crippen LogP) is 4.59. The first kappa shape index (κ1) is 17.2. The molecule has 0 aromatic heterocycles. The maximum Gasteiger partial charge on any atom is 0.416 e. The van der Waals surface area contributed by atoms with Gasteiger partial charge in [0.1, 0.15) is 0 Å². The Hall–Kier alpha value is -2.19. The van der Waals surface area contributed by atoms with Crippen molar-refractivity contribution >= 4 is 34.7 Å². The van der Waals surface area contributed by atoms with Crippen molar-refractivity contribution in [3.63, 3.8) is 0 Å². The van der Waals surface area contributed by atoms with Crippen LogP contribution in [0.4, 0.5) is 30.2 Å². The quantitative estimate of drug-likeness (QED) is 0.609. The third-order valence-corrected chi connectivity index (χ3v) is 5.72. The molecular weight excluding hydrogens is 363 g/mol. The molecule has 4 nitrogen and oxygen atoms in total. The van der Waals surface area contributed by atoms with Crippen LogP contribution in [-0.2, 0) is 11.0 Å². The Morgan fingerprint density at radius 1 is 1.19 bits per heavy atom. The average molecular weight is 379 g/mol. The number of benzene rings is 2. The zero-order valence-corrected chi connectivity index (χ0v) is 14.4. The average Bonchev–Trinajstić information content (AvgIpc) is 2.56. The van der Waals surface area contributed by atoms with Crippen LogP contribution in [0, 0.1) is 5.92 Å². The molecule has 0 radical (unpaired) electrons. The molecule has 136 valence electrons. The van der Waals surface area contributed by atoms with Gasteiger partial charge in [-0.15, -0.1) is 0 Å². The smallest absolute Gasteiger partial charge is 0.352 e. The van der Waals surface area contributed by atoms with Gasteiger partial charge >= 0.3 is 6.18 Å². The van der Waals surface area contributed by atoms with E-state index in [0.717, 1.165) is 22.7 Å². The van der Waals surface area contributed by atoms with Crippen LogP contribution in [0.15, 0.2) is 46.2 Å². The van der Waals surface area contributed by atoms with Crippen LogP contribution in [0.25, 0.3) is 0 Å². The maximum atomic E-state index is 13.3. The van der Waals surface area contributed by atoms with Crippen molar-refractivity contribution in [1.82, 2.24) is 0 Å². The summed E-state index contributed by atoms with van der Waals surface area (Å²) < 4.78 is 39.9. The first-order valence-electron chi connectivity index (χ1n) is 8.17. The molecule has 2 aromatic carbocycles. The maximum absolute atomic E-state index is 13.3. The predicted molar refractivity (Wildman–Crippen MR) is 94.6 cm³/mol. The van der Waals surface area contributed by atoms with E-state index in [-0.39, 0.29) is 23.6 Å². The number of carbonyl (C=O) groups excluding carboxylic acids is 1. The standard InChI is InChI=1S/C18H16F3N3OS/c19-18(20,21)10-7-13(24-17(25)9-5-11(22)6-9)16-15(8-10)26-14-4-2-1-3-12(14)23-16/h1-4,7-9,11,23H,5-6,22H2,(H,24,25). The minimum Gasteiger partial charge on any atom is -0.352 e. The van der Waals surface area contributed by atoms with Gasteiger partial charge in [0.05, 0.1) is 22.6 Å². The molecule has 8 heteroatoms. The van der Waals surface area contributed by atoms with E-state index in [9.17, 15) is 18.0 Å². The first-order valence-corrected chi connectivity index (χ1v) is 8.98. The zero-order valence-electron chi connectivity index (χ0n) is 13.6. The highest BCUT2D eigenvalue weighted by atomic mass is 32.2. The fourth-order valence-corrected chi connectivity index (χ4v) is 4.17. The van der Waals surface area contributed by atoms with Crippen LogP contribution in [0.2, 0.25) is 0 Å². The Kier molecular flexibility index (Phi) is 4.11. The number of anilines is 3. The minimum absolute atomic E-state index is 0.0123. The molecule has 1 heterocycles. The van der Waals surface area contributed by atoms with Gasteiger partial charge in [-0.2, -0.15) is 13.2 Å². The van der Waals surface area contributed by atoms with Crippen molar-refractivity contribution in [3.8, 4) is 0 Å². The Morgan fingerprint density at radius 3 is 2.62 bits per heavy atom. The van der Waals surface area contributed by atoms with Crippen molar-refractivity contribution in [1.29, 1.82) is 0 Å². The lowest BCUT2D eigenvalue weighted by atomic mass is 9.80. The fraction of sp³-hybridized carbons (Fsp3) is 0.278. The largest absolute Gasteiger partial charge is 0.416 e. The van der Waals surface area contributed by atoms with Crippen LogP contribution in [0.5, 0.6) is 0 Å². The number of nitrogens with two attached hydrogens (primary N) is 1. The van der Waals surface area contributed by atoms with Gasteiger partial charge in [0.2, 0.25) is 5.91 Å². The SMILES string of the molecule is NC1CC(C(=O)Nc2cc(C(F)(F)F)cc3c2Nc2ccccc2S3)C1. The molecule has 4 rings (SSSR count). The summed E-state index contributed by atoms with van der Waals surface area (Å²) in [4.78, 5) is 13.6. The van der Waals surface area contributed by atoms with Gasteiger partial charge in [-0.3, -0.25) is 4.79 Å². The summed E-state index contributed by atoms with van der Waals surface area (Å²) in [6.07, 6.45) is -3.39. The molecule has 0 bridgehead atoms. The molecule has 0 spiro atoms. The number of hydrogen-bond donors (Lipinski definition) is 3. The Balaban J connectivity index is 1.71. The van der Waals surface area contributed by atoms with Crippen LogP contribution < -0.4 is 16.4 Å². The molecule has 0 atom stereocenters. The number of hydrogen-bond acceptors (Lipinski definition) is 4. The molecule has 0 saturated heterocycles. The van der Waals surface area contributed by atoms with E-state index < -0.39 is 11.7 Å². The van der Waals surface area contributed by atoms with E-state index in [0.29, 0.717) is 23.4 Å². The zero-order chi connectivity index (χ0) is 18.5. The van der Waals surface area contributed by atoms with Gasteiger partial charge in [-0.25, -0.2) is 0 Å². The minimum atomic E-state index is -4.50. The molecule has 0 unspecified atom stereocenters. The highest BCUT2D eigenvalue weighted by molar-refractivity contribution is 7.99. The van der Waals surface area contributed by atoms with E-state index >= 15 is 0 Å². The Morgan fingerprint density at radius 2 is 1.92 bits per heavy atom. The van der Waals surface area contributed by atoms with E-state index in [4.69, 9.17) is 5.73 Å². The second kappa shape index (κ2) is 6.21. The second-order valence-electron chi connectivity index (χ2n) is 6.54. The molecule has 1 saturated carbocycles. The highest BCUT2D eigenvalue weighted by Crippen LogP contribution is 2.49. The topological polar surface area (TPSA) is 67.2 Å². The number of para-hydroxylation sites is 1. The number of amides is 1. The molecule has 4 N–H and O–H groups in total. The van der Waals surface area contributed by atoms with Crippen LogP contribution in [0.3, 0.4) is 0 Å². The fourth-order valence-electron chi connectivity index (χ4n) is 3.11. The third-order valence-electron chi connectivity index (χ3n) is 4.60. The molecule has 1 aliphatic heterocycles. The molecule has 1 aliphatic carbocycles. The van der Waals surface area contributed by atoms with E-state index in [1.54, 1.807) is 0 Å². The number of halogens is 3. The van der Waals surface area contributed by atoms with Gasteiger partial charge in [-0.1, -0.05) is 23.9 Å². The molecule has 2 aromatic rings. The molecule has 2 aliphatic rings. The third kappa shape index (κ3) is 3.14. The Labute approximate surface area is 152 Å². The van der Waals surface area contributed by atoms with Gasteiger partial charge in [0.25, 0.3) is 0 Å². The van der Waals surface area contributed by atoms with Crippen molar-refractivity contribution in [2.75, 3.05) is 10.6 Å². The number of alkyl halides is 3. The number of rotatable bonds is 2. The van der Waals surface area contributed by atoms with Gasteiger partial charge in [0.15, 0.2) is 0 Å². The monoisotopic (exact) mass is 379 g/mol. The summed E-state index contributed by atoms with van der Waals surface area (Å²) in [5.41, 5.74) is 6.34. The lowest BCUT2D eigenvalue weighted by Gasteiger charge is -2.32. The van der Waals surface area contributed by atoms with Gasteiger partial charge in [-0.05, 0) is 37.1 Å². The van der Waals surface area contributed by atoms with Crippen molar-refractivity contribution in [3.05, 3.63) is 42.0 Å². The Bertz CT molecular complexity index is 878. The van der Waals surface area contributed by atoms with Crippen molar-refractivity contribution in [2.45, 2.75) is 34.9 Å². The summed E-state index contributed by atoms with van der Waals surface area (Å²) in [6.45, 7) is 0. The van der Waals surface area contributed by atoms with Crippen LogP contribution >= 0.6 is 11.8 Å². The lowest BCUT2D eigenvalue weighted by molar-refractivity contribution is -0.137. The number of carbonyl (C=O) groups is 1. The molecule has 26 heavy (non-hydrogen) atoms. The highest BCUT2D eigenvalue weighted by Gasteiger charge is 2.35.